The molecule has 0 bridgehead atoms. The number of thioether (sulfide) groups is 2. The topological polar surface area (TPSA) is 46.5 Å². The Hall–Kier alpha value is 0.130. The molecule has 16 heavy (non-hydrogen) atoms. The molecule has 1 spiro atoms. The fourth-order valence-electron chi connectivity index (χ4n) is 2.96. The van der Waals surface area contributed by atoms with E-state index in [1.54, 1.807) is 0 Å². The molecule has 3 nitrogen and oxygen atoms in total. The number of carbonyl (C=O) groups is 1. The monoisotopic (exact) mass is 260 g/mol. The largest absolute Gasteiger partial charge is 0.435 e. The quantitative estimate of drug-likeness (QED) is 0.673. The average Bonchev–Trinajstić information content (AvgIpc) is 2.55. The first kappa shape index (κ1) is 11.2. The lowest BCUT2D eigenvalue weighted by Crippen LogP contribution is -2.38. The molecule has 0 aromatic heterocycles. The Labute approximate surface area is 104 Å². The Morgan fingerprint density at radius 3 is 2.88 bits per heavy atom. The van der Waals surface area contributed by atoms with Gasteiger partial charge in [0.2, 0.25) is 6.29 Å². The van der Waals surface area contributed by atoms with Gasteiger partial charge in [0.15, 0.2) is 0 Å². The van der Waals surface area contributed by atoms with Crippen molar-refractivity contribution in [3.05, 3.63) is 0 Å². The summed E-state index contributed by atoms with van der Waals surface area (Å²) in [6, 6.07) is 0. The molecular formula is C11H16O3S2. The first-order chi connectivity index (χ1) is 7.70. The van der Waals surface area contributed by atoms with Crippen molar-refractivity contribution in [1.82, 2.24) is 0 Å². The number of aliphatic hydroxyl groups excluding tert-OH is 1. The molecule has 0 radical (unpaired) electrons. The fourth-order valence-corrected chi connectivity index (χ4v) is 6.44. The normalized spacial score (nSPS) is 41.8. The van der Waals surface area contributed by atoms with Gasteiger partial charge in [-0.3, -0.25) is 4.79 Å². The lowest BCUT2D eigenvalue weighted by Gasteiger charge is -2.42. The van der Waals surface area contributed by atoms with Crippen LogP contribution >= 0.6 is 23.5 Å². The Kier molecular flexibility index (Phi) is 2.88. The van der Waals surface area contributed by atoms with Gasteiger partial charge < -0.3 is 9.84 Å². The smallest absolute Gasteiger partial charge is 0.311 e. The Morgan fingerprint density at radius 2 is 2.12 bits per heavy atom. The molecule has 5 heteroatoms. The van der Waals surface area contributed by atoms with Crippen LogP contribution in [0.15, 0.2) is 0 Å². The molecule has 3 aliphatic rings. The van der Waals surface area contributed by atoms with E-state index >= 15 is 0 Å². The molecule has 1 N–H and O–H groups in total. The number of carbonyl (C=O) groups excluding carboxylic acids is 1. The molecule has 1 saturated carbocycles. The van der Waals surface area contributed by atoms with Crippen molar-refractivity contribution in [2.45, 2.75) is 36.1 Å². The predicted octanol–water partition coefficient (Wildman–Crippen LogP) is 1.84. The summed E-state index contributed by atoms with van der Waals surface area (Å²) in [6.45, 7) is 0. The maximum absolute atomic E-state index is 11.5. The second kappa shape index (κ2) is 4.10. The minimum atomic E-state index is -0.849. The molecule has 0 aromatic carbocycles. The van der Waals surface area contributed by atoms with Gasteiger partial charge in [0.1, 0.15) is 0 Å². The maximum atomic E-state index is 11.5. The van der Waals surface area contributed by atoms with E-state index in [-0.39, 0.29) is 21.9 Å². The van der Waals surface area contributed by atoms with Crippen LogP contribution in [-0.2, 0) is 9.53 Å². The van der Waals surface area contributed by atoms with Crippen LogP contribution in [0.3, 0.4) is 0 Å². The standard InChI is InChI=1S/C11H16O3S2/c12-9-7-2-3-11(15-4-1-5-16-11)6-8(7)10(13)14-9/h7-8,10,13H,1-6H2/t7-,8+,10?/m1/s1. The van der Waals surface area contributed by atoms with Crippen molar-refractivity contribution in [2.75, 3.05) is 11.5 Å². The molecule has 3 rings (SSSR count). The van der Waals surface area contributed by atoms with Crippen molar-refractivity contribution in [3.8, 4) is 0 Å². The van der Waals surface area contributed by atoms with Gasteiger partial charge in [-0.15, -0.1) is 23.5 Å². The first-order valence-electron chi connectivity index (χ1n) is 5.87. The van der Waals surface area contributed by atoms with E-state index in [1.165, 1.54) is 17.9 Å². The van der Waals surface area contributed by atoms with E-state index in [0.717, 1.165) is 19.3 Å². The molecule has 3 fully saturated rings. The van der Waals surface area contributed by atoms with Crippen molar-refractivity contribution in [2.24, 2.45) is 11.8 Å². The van der Waals surface area contributed by atoms with Gasteiger partial charge >= 0.3 is 5.97 Å². The first-order valence-corrected chi connectivity index (χ1v) is 7.84. The van der Waals surface area contributed by atoms with Gasteiger partial charge in [0, 0.05) is 5.92 Å². The van der Waals surface area contributed by atoms with E-state index < -0.39 is 6.29 Å². The van der Waals surface area contributed by atoms with Gasteiger partial charge in [-0.05, 0) is 37.2 Å². The van der Waals surface area contributed by atoms with Crippen LogP contribution in [0.4, 0.5) is 0 Å². The third kappa shape index (κ3) is 1.77. The zero-order valence-electron chi connectivity index (χ0n) is 9.05. The predicted molar refractivity (Wildman–Crippen MR) is 65.2 cm³/mol. The Morgan fingerprint density at radius 1 is 1.38 bits per heavy atom. The third-order valence-corrected chi connectivity index (χ3v) is 7.31. The molecule has 0 aromatic rings. The highest BCUT2D eigenvalue weighted by atomic mass is 32.2. The van der Waals surface area contributed by atoms with Crippen molar-refractivity contribution in [1.29, 1.82) is 0 Å². The summed E-state index contributed by atoms with van der Waals surface area (Å²) in [5, 5.41) is 9.75. The number of ether oxygens (including phenoxy) is 1. The number of hydrogen-bond acceptors (Lipinski definition) is 5. The molecular weight excluding hydrogens is 244 g/mol. The van der Waals surface area contributed by atoms with Crippen LogP contribution in [0.1, 0.15) is 25.7 Å². The highest BCUT2D eigenvalue weighted by Gasteiger charge is 2.52. The minimum absolute atomic E-state index is 0.0382. The zero-order valence-corrected chi connectivity index (χ0v) is 10.7. The summed E-state index contributed by atoms with van der Waals surface area (Å²) in [5.74, 6) is 2.26. The second-order valence-electron chi connectivity index (χ2n) is 4.80. The maximum Gasteiger partial charge on any atom is 0.311 e. The highest BCUT2D eigenvalue weighted by Crippen LogP contribution is 2.56. The molecule has 1 unspecified atom stereocenters. The highest BCUT2D eigenvalue weighted by molar-refractivity contribution is 8.18. The van der Waals surface area contributed by atoms with Gasteiger partial charge in [-0.2, -0.15) is 0 Å². The number of aliphatic hydroxyl groups is 1. The third-order valence-electron chi connectivity index (χ3n) is 3.82. The SMILES string of the molecule is O=C1OC(O)[C@H]2CC3(CC[C@@H]12)SCCCS3. The summed E-state index contributed by atoms with van der Waals surface area (Å²) in [6.07, 6.45) is 3.34. The molecule has 1 aliphatic carbocycles. The zero-order chi connectivity index (χ0) is 11.2. The van der Waals surface area contributed by atoms with Crippen LogP contribution in [0.25, 0.3) is 0 Å². The van der Waals surface area contributed by atoms with Crippen molar-refractivity contribution >= 4 is 29.5 Å². The molecule has 3 atom stereocenters. The van der Waals surface area contributed by atoms with Crippen molar-refractivity contribution < 1.29 is 14.6 Å². The van der Waals surface area contributed by atoms with Crippen LogP contribution in [0, 0.1) is 11.8 Å². The van der Waals surface area contributed by atoms with E-state index in [4.69, 9.17) is 4.74 Å². The van der Waals surface area contributed by atoms with E-state index in [2.05, 4.69) is 0 Å². The van der Waals surface area contributed by atoms with E-state index in [1.807, 2.05) is 23.5 Å². The molecule has 2 aliphatic heterocycles. The Bertz CT molecular complexity index is 302. The second-order valence-corrected chi connectivity index (χ2v) is 8.02. The Balaban J connectivity index is 1.76. The lowest BCUT2D eigenvalue weighted by molar-refractivity contribution is -0.156. The van der Waals surface area contributed by atoms with Gasteiger partial charge in [-0.1, -0.05) is 0 Å². The van der Waals surface area contributed by atoms with Gasteiger partial charge in [0.25, 0.3) is 0 Å². The number of hydrogen-bond donors (Lipinski definition) is 1. The average molecular weight is 260 g/mol. The lowest BCUT2D eigenvalue weighted by atomic mass is 9.80. The fraction of sp³-hybridized carbons (Fsp3) is 0.909. The van der Waals surface area contributed by atoms with Crippen LogP contribution in [0.5, 0.6) is 0 Å². The number of cyclic esters (lactones) is 1. The van der Waals surface area contributed by atoms with Crippen LogP contribution in [0.2, 0.25) is 0 Å². The molecule has 2 heterocycles. The number of fused-ring (bicyclic) bond motifs is 1. The molecule has 0 amide bonds. The van der Waals surface area contributed by atoms with Crippen LogP contribution in [-0.4, -0.2) is 33.0 Å². The number of rotatable bonds is 0. The summed E-state index contributed by atoms with van der Waals surface area (Å²) >= 11 is 4.05. The van der Waals surface area contributed by atoms with Crippen LogP contribution < -0.4 is 0 Å². The summed E-state index contributed by atoms with van der Waals surface area (Å²) < 4.78 is 5.20. The molecule has 90 valence electrons. The molecule has 2 saturated heterocycles. The summed E-state index contributed by atoms with van der Waals surface area (Å²) in [7, 11) is 0. The van der Waals surface area contributed by atoms with E-state index in [9.17, 15) is 9.90 Å². The van der Waals surface area contributed by atoms with E-state index in [0.29, 0.717) is 0 Å². The summed E-state index contributed by atoms with van der Waals surface area (Å²) in [4.78, 5) is 11.5. The summed E-state index contributed by atoms with van der Waals surface area (Å²) in [5.41, 5.74) is 0. The van der Waals surface area contributed by atoms with Gasteiger partial charge in [-0.25, -0.2) is 0 Å². The van der Waals surface area contributed by atoms with Crippen molar-refractivity contribution in [3.63, 3.8) is 0 Å². The van der Waals surface area contributed by atoms with Gasteiger partial charge in [0.05, 0.1) is 10.00 Å². The minimum Gasteiger partial charge on any atom is -0.435 e. The number of esters is 1.